The molecule has 0 bridgehead atoms. The molecule has 1 saturated heterocycles. The molecule has 0 unspecified atom stereocenters. The number of rotatable bonds is 7. The van der Waals surface area contributed by atoms with Crippen molar-refractivity contribution in [2.45, 2.75) is 13.0 Å². The van der Waals surface area contributed by atoms with Gasteiger partial charge >= 0.3 is 0 Å². The summed E-state index contributed by atoms with van der Waals surface area (Å²) in [6.07, 6.45) is 2.66. The third-order valence-electron chi connectivity index (χ3n) is 5.29. The van der Waals surface area contributed by atoms with E-state index >= 15 is 0 Å². The molecule has 2 aromatic heterocycles. The van der Waals surface area contributed by atoms with Gasteiger partial charge in [0, 0.05) is 36.5 Å². The zero-order valence-corrected chi connectivity index (χ0v) is 17.6. The summed E-state index contributed by atoms with van der Waals surface area (Å²) >= 11 is -0.0955. The number of nitrogens with zero attached hydrogens (tertiary/aromatic N) is 3. The predicted octanol–water partition coefficient (Wildman–Crippen LogP) is 3.17. The van der Waals surface area contributed by atoms with Gasteiger partial charge in [0.25, 0.3) is 5.91 Å². The first-order valence-electron chi connectivity index (χ1n) is 9.55. The molecule has 1 fully saturated rings. The maximum absolute atomic E-state index is 13.6. The van der Waals surface area contributed by atoms with Crippen LogP contribution in [0.1, 0.15) is 28.5 Å². The number of hydrogen-bond acceptors (Lipinski definition) is 7. The SMILES string of the molecule is CNc1cc(F)ccc1C(=N)c1cnc2c(n1)c(C(=O)N[C@H](C)C1COC1)cn2SF. The van der Waals surface area contributed by atoms with Crippen LogP contribution < -0.4 is 10.6 Å². The standard InChI is InChI=1S/C20H20F2N6O2S/c1-10(11-8-30-9-11)26-20(29)14-7-28(31-22)19-18(14)27-16(6-25-19)17(23)13-4-3-12(21)5-15(13)24-2/h3-7,10-11,23-24H,8-9H2,1-2H3,(H,26,29)/t10-/m1/s1. The number of benzene rings is 1. The predicted molar refractivity (Wildman–Crippen MR) is 115 cm³/mol. The summed E-state index contributed by atoms with van der Waals surface area (Å²) in [5, 5.41) is 14.3. The molecule has 3 aromatic rings. The molecule has 0 aliphatic carbocycles. The van der Waals surface area contributed by atoms with Crippen LogP contribution in [0.5, 0.6) is 0 Å². The minimum absolute atomic E-state index is 0.00857. The molecule has 4 rings (SSSR count). The van der Waals surface area contributed by atoms with E-state index in [1.807, 2.05) is 6.92 Å². The van der Waals surface area contributed by atoms with E-state index in [1.54, 1.807) is 7.05 Å². The van der Waals surface area contributed by atoms with Crippen molar-refractivity contribution < 1.29 is 17.8 Å². The largest absolute Gasteiger partial charge is 0.387 e. The van der Waals surface area contributed by atoms with E-state index in [0.29, 0.717) is 24.5 Å². The molecule has 0 saturated carbocycles. The number of carbonyl (C=O) groups excluding carboxylic acids is 1. The molecule has 1 amide bonds. The molecule has 3 N–H and O–H groups in total. The zero-order chi connectivity index (χ0) is 22.1. The average Bonchev–Trinajstić information content (AvgIpc) is 3.09. The van der Waals surface area contributed by atoms with Crippen LogP contribution in [0.15, 0.2) is 30.6 Å². The van der Waals surface area contributed by atoms with Crippen LogP contribution in [-0.2, 0) is 4.74 Å². The fourth-order valence-corrected chi connectivity index (χ4v) is 3.67. The Morgan fingerprint density at radius 2 is 2.16 bits per heavy atom. The molecule has 8 nitrogen and oxygen atoms in total. The second kappa shape index (κ2) is 8.60. The number of anilines is 1. The number of carbonyl (C=O) groups is 1. The highest BCUT2D eigenvalue weighted by Crippen LogP contribution is 2.26. The number of hydrogen-bond donors (Lipinski definition) is 3. The number of aromatic nitrogens is 3. The fourth-order valence-electron chi connectivity index (χ4n) is 3.33. The van der Waals surface area contributed by atoms with E-state index in [-0.39, 0.29) is 52.4 Å². The topological polar surface area (TPSA) is 105 Å². The van der Waals surface area contributed by atoms with Gasteiger partial charge in [0.05, 0.1) is 30.7 Å². The lowest BCUT2D eigenvalue weighted by Crippen LogP contribution is -2.46. The number of fused-ring (bicyclic) bond motifs is 1. The van der Waals surface area contributed by atoms with Gasteiger partial charge in [-0.2, -0.15) is 0 Å². The second-order valence-corrected chi connectivity index (χ2v) is 7.77. The van der Waals surface area contributed by atoms with Crippen molar-refractivity contribution >= 4 is 40.8 Å². The van der Waals surface area contributed by atoms with Crippen LogP contribution in [0.3, 0.4) is 0 Å². The van der Waals surface area contributed by atoms with Gasteiger partial charge in [0.2, 0.25) is 0 Å². The molecule has 1 aromatic carbocycles. The number of nitrogens with one attached hydrogen (secondary N) is 3. The summed E-state index contributed by atoms with van der Waals surface area (Å²) < 4.78 is 33.2. The first-order chi connectivity index (χ1) is 14.9. The third kappa shape index (κ3) is 3.98. The van der Waals surface area contributed by atoms with Gasteiger partial charge in [-0.15, -0.1) is 3.89 Å². The van der Waals surface area contributed by atoms with E-state index in [9.17, 15) is 13.1 Å². The lowest BCUT2D eigenvalue weighted by molar-refractivity contribution is -0.0452. The number of halogens is 2. The molecule has 31 heavy (non-hydrogen) atoms. The quantitative estimate of drug-likeness (QED) is 0.482. The van der Waals surface area contributed by atoms with Crippen molar-refractivity contribution in [3.05, 3.63) is 53.2 Å². The van der Waals surface area contributed by atoms with Crippen LogP contribution in [-0.4, -0.2) is 51.9 Å². The van der Waals surface area contributed by atoms with Crippen molar-refractivity contribution in [2.75, 3.05) is 25.6 Å². The molecule has 162 valence electrons. The summed E-state index contributed by atoms with van der Waals surface area (Å²) in [5.74, 6) is -0.626. The van der Waals surface area contributed by atoms with E-state index in [4.69, 9.17) is 10.1 Å². The lowest BCUT2D eigenvalue weighted by Gasteiger charge is -2.31. The Bertz CT molecular complexity index is 1160. The van der Waals surface area contributed by atoms with Crippen molar-refractivity contribution in [1.29, 1.82) is 5.41 Å². The monoisotopic (exact) mass is 446 g/mol. The van der Waals surface area contributed by atoms with Gasteiger partial charge in [-0.3, -0.25) is 10.2 Å². The van der Waals surface area contributed by atoms with Crippen molar-refractivity contribution in [3.63, 3.8) is 0 Å². The Hall–Kier alpha value is -3.05. The molecule has 11 heteroatoms. The van der Waals surface area contributed by atoms with Gasteiger partial charge in [-0.25, -0.2) is 18.3 Å². The van der Waals surface area contributed by atoms with Gasteiger partial charge in [-0.1, -0.05) is 0 Å². The summed E-state index contributed by atoms with van der Waals surface area (Å²) in [6.45, 7) is 3.04. The Labute approximate surface area is 181 Å². The van der Waals surface area contributed by atoms with E-state index in [2.05, 4.69) is 20.6 Å². The Kier molecular flexibility index (Phi) is 5.88. The molecule has 3 heterocycles. The lowest BCUT2D eigenvalue weighted by atomic mass is 9.99. The van der Waals surface area contributed by atoms with Gasteiger partial charge in [0.15, 0.2) is 18.0 Å². The first kappa shape index (κ1) is 21.2. The van der Waals surface area contributed by atoms with Gasteiger partial charge in [0.1, 0.15) is 17.0 Å². The zero-order valence-electron chi connectivity index (χ0n) is 16.8. The number of ether oxygens (including phenoxy) is 1. The molecule has 0 spiro atoms. The normalized spacial score (nSPS) is 14.8. The number of amides is 1. The van der Waals surface area contributed by atoms with Crippen LogP contribution >= 0.6 is 12.3 Å². The highest BCUT2D eigenvalue weighted by molar-refractivity contribution is 7.92. The molecular formula is C20H20F2N6O2S. The fraction of sp³-hybridized carbons (Fsp3) is 0.300. The van der Waals surface area contributed by atoms with Crippen LogP contribution in [0, 0.1) is 17.1 Å². The average molecular weight is 446 g/mol. The summed E-state index contributed by atoms with van der Waals surface area (Å²) in [5.41, 5.74) is 1.50. The van der Waals surface area contributed by atoms with E-state index < -0.39 is 11.7 Å². The van der Waals surface area contributed by atoms with Crippen molar-refractivity contribution in [3.8, 4) is 0 Å². The third-order valence-corrected chi connectivity index (χ3v) is 5.72. The maximum atomic E-state index is 13.6. The maximum Gasteiger partial charge on any atom is 0.255 e. The summed E-state index contributed by atoms with van der Waals surface area (Å²) in [7, 11) is 1.62. The Morgan fingerprint density at radius 1 is 1.39 bits per heavy atom. The molecule has 1 aliphatic rings. The Balaban J connectivity index is 1.71. The van der Waals surface area contributed by atoms with Crippen LogP contribution in [0.2, 0.25) is 0 Å². The van der Waals surface area contributed by atoms with Crippen molar-refractivity contribution in [1.82, 2.24) is 19.3 Å². The molecule has 0 radical (unpaired) electrons. The summed E-state index contributed by atoms with van der Waals surface area (Å²) in [6, 6.07) is 3.87. The first-order valence-corrected chi connectivity index (χ1v) is 10.2. The van der Waals surface area contributed by atoms with Crippen LogP contribution in [0.25, 0.3) is 11.2 Å². The van der Waals surface area contributed by atoms with Gasteiger partial charge < -0.3 is 15.4 Å². The van der Waals surface area contributed by atoms with Crippen LogP contribution in [0.4, 0.5) is 14.0 Å². The molecule has 1 aliphatic heterocycles. The second-order valence-electron chi connectivity index (χ2n) is 7.24. The highest BCUT2D eigenvalue weighted by Gasteiger charge is 2.28. The molecular weight excluding hydrogens is 426 g/mol. The minimum Gasteiger partial charge on any atom is -0.387 e. The summed E-state index contributed by atoms with van der Waals surface area (Å²) in [4.78, 5) is 21.5. The van der Waals surface area contributed by atoms with Crippen molar-refractivity contribution in [2.24, 2.45) is 5.92 Å². The van der Waals surface area contributed by atoms with Gasteiger partial charge in [-0.05, 0) is 25.1 Å². The van der Waals surface area contributed by atoms with E-state index in [1.165, 1.54) is 30.6 Å². The highest BCUT2D eigenvalue weighted by atomic mass is 32.2. The smallest absolute Gasteiger partial charge is 0.255 e. The Morgan fingerprint density at radius 3 is 2.81 bits per heavy atom. The minimum atomic E-state index is -0.440. The molecule has 1 atom stereocenters. The van der Waals surface area contributed by atoms with E-state index in [0.717, 1.165) is 3.97 Å².